The van der Waals surface area contributed by atoms with Crippen molar-refractivity contribution in [3.63, 3.8) is 0 Å². The van der Waals surface area contributed by atoms with E-state index in [1.165, 1.54) is 0 Å². The highest BCUT2D eigenvalue weighted by Crippen LogP contribution is 2.31. The first kappa shape index (κ1) is 13.2. The van der Waals surface area contributed by atoms with Crippen molar-refractivity contribution in [3.05, 3.63) is 52.1 Å². The first-order valence-electron chi connectivity index (χ1n) is 6.08. The van der Waals surface area contributed by atoms with Gasteiger partial charge in [0.1, 0.15) is 12.4 Å². The molecule has 3 rings (SSSR count). The minimum Gasteiger partial charge on any atom is -0.485 e. The average Bonchev–Trinajstić information content (AvgIpc) is 2.47. The Morgan fingerprint density at radius 1 is 1.15 bits per heavy atom. The van der Waals surface area contributed by atoms with Crippen molar-refractivity contribution in [2.24, 2.45) is 0 Å². The maximum Gasteiger partial charge on any atom is 0.356 e. The fourth-order valence-electron chi connectivity index (χ4n) is 1.85. The fraction of sp³-hybridized carbons (Fsp3) is 0.133. The highest BCUT2D eigenvalue weighted by molar-refractivity contribution is 14.1. The summed E-state index contributed by atoms with van der Waals surface area (Å²) in [5.74, 6) is 1.25. The molecule has 0 saturated carbocycles. The van der Waals surface area contributed by atoms with Crippen LogP contribution in [-0.4, -0.2) is 18.7 Å². The molecule has 1 atom stereocenters. The Labute approximate surface area is 129 Å². The van der Waals surface area contributed by atoms with Crippen molar-refractivity contribution in [1.29, 1.82) is 0 Å². The maximum atomic E-state index is 12.1. The monoisotopic (exact) mass is 382 g/mol. The van der Waals surface area contributed by atoms with Crippen LogP contribution < -0.4 is 14.2 Å². The van der Waals surface area contributed by atoms with Gasteiger partial charge in [-0.2, -0.15) is 0 Å². The molecule has 4 nitrogen and oxygen atoms in total. The van der Waals surface area contributed by atoms with Crippen LogP contribution in [0.2, 0.25) is 0 Å². The van der Waals surface area contributed by atoms with Gasteiger partial charge in [0, 0.05) is 3.57 Å². The third-order valence-corrected chi connectivity index (χ3v) is 3.46. The third-order valence-electron chi connectivity index (χ3n) is 2.79. The van der Waals surface area contributed by atoms with E-state index in [-0.39, 0.29) is 6.61 Å². The SMILES string of the molecule is O=C(Oc1cccc(I)c1)[C@@H]1COc2ccccc2O1. The van der Waals surface area contributed by atoms with E-state index in [2.05, 4.69) is 22.6 Å². The van der Waals surface area contributed by atoms with Gasteiger partial charge in [0.15, 0.2) is 11.5 Å². The molecule has 0 amide bonds. The second kappa shape index (κ2) is 5.70. The first-order valence-corrected chi connectivity index (χ1v) is 7.16. The molecule has 102 valence electrons. The zero-order valence-electron chi connectivity index (χ0n) is 10.4. The van der Waals surface area contributed by atoms with E-state index in [0.29, 0.717) is 17.2 Å². The molecule has 0 fully saturated rings. The van der Waals surface area contributed by atoms with Crippen molar-refractivity contribution >= 4 is 28.6 Å². The Morgan fingerprint density at radius 2 is 1.95 bits per heavy atom. The Kier molecular flexibility index (Phi) is 3.77. The molecule has 0 bridgehead atoms. The van der Waals surface area contributed by atoms with E-state index >= 15 is 0 Å². The average molecular weight is 382 g/mol. The number of esters is 1. The molecule has 0 unspecified atom stereocenters. The summed E-state index contributed by atoms with van der Waals surface area (Å²) in [5, 5.41) is 0. The minimum atomic E-state index is -0.747. The number of hydrogen-bond acceptors (Lipinski definition) is 4. The second-order valence-electron chi connectivity index (χ2n) is 4.24. The fourth-order valence-corrected chi connectivity index (χ4v) is 2.36. The lowest BCUT2D eigenvalue weighted by Crippen LogP contribution is -2.39. The molecule has 0 radical (unpaired) electrons. The standard InChI is InChI=1S/C15H11IO4/c16-10-4-3-5-11(8-10)19-15(17)14-9-18-12-6-1-2-7-13(12)20-14/h1-8,14H,9H2/t14-/m0/s1. The van der Waals surface area contributed by atoms with E-state index in [9.17, 15) is 4.79 Å². The predicted octanol–water partition coefficient (Wildman–Crippen LogP) is 3.04. The van der Waals surface area contributed by atoms with Crippen molar-refractivity contribution in [3.8, 4) is 17.2 Å². The molecular weight excluding hydrogens is 371 g/mol. The number of carbonyl (C=O) groups is 1. The van der Waals surface area contributed by atoms with Crippen LogP contribution in [0.5, 0.6) is 17.2 Å². The van der Waals surface area contributed by atoms with Gasteiger partial charge in [-0.25, -0.2) is 4.79 Å². The van der Waals surface area contributed by atoms with Crippen molar-refractivity contribution < 1.29 is 19.0 Å². The number of hydrogen-bond donors (Lipinski definition) is 0. The zero-order chi connectivity index (χ0) is 13.9. The summed E-state index contributed by atoms with van der Waals surface area (Å²) in [4.78, 5) is 12.1. The van der Waals surface area contributed by atoms with Crippen molar-refractivity contribution in [1.82, 2.24) is 0 Å². The van der Waals surface area contributed by atoms with E-state index in [0.717, 1.165) is 3.57 Å². The molecular formula is C15H11IO4. The molecule has 5 heteroatoms. The maximum absolute atomic E-state index is 12.1. The van der Waals surface area contributed by atoms with Crippen LogP contribution in [0, 0.1) is 3.57 Å². The number of halogens is 1. The summed E-state index contributed by atoms with van der Waals surface area (Å²) in [7, 11) is 0. The highest BCUT2D eigenvalue weighted by Gasteiger charge is 2.29. The molecule has 20 heavy (non-hydrogen) atoms. The molecule has 0 saturated heterocycles. The summed E-state index contributed by atoms with van der Waals surface area (Å²) in [6, 6.07) is 14.5. The number of carbonyl (C=O) groups excluding carboxylic acids is 1. The lowest BCUT2D eigenvalue weighted by atomic mass is 10.2. The Bertz CT molecular complexity index is 641. The normalized spacial score (nSPS) is 16.6. The van der Waals surface area contributed by atoms with E-state index in [1.807, 2.05) is 24.3 Å². The van der Waals surface area contributed by atoms with Crippen LogP contribution in [0.25, 0.3) is 0 Å². The van der Waals surface area contributed by atoms with Gasteiger partial charge in [-0.15, -0.1) is 0 Å². The number of benzene rings is 2. The molecule has 0 aliphatic carbocycles. The molecule has 2 aromatic carbocycles. The van der Waals surface area contributed by atoms with Gasteiger partial charge in [-0.3, -0.25) is 0 Å². The summed E-state index contributed by atoms with van der Waals surface area (Å²) in [6.45, 7) is 0.153. The predicted molar refractivity (Wildman–Crippen MR) is 81.1 cm³/mol. The van der Waals surface area contributed by atoms with Crippen LogP contribution in [0.3, 0.4) is 0 Å². The van der Waals surface area contributed by atoms with Gasteiger partial charge in [0.2, 0.25) is 6.10 Å². The van der Waals surface area contributed by atoms with Gasteiger partial charge in [0.25, 0.3) is 0 Å². The molecule has 1 aliphatic heterocycles. The molecule has 1 aliphatic rings. The Hall–Kier alpha value is -1.76. The smallest absolute Gasteiger partial charge is 0.356 e. The highest BCUT2D eigenvalue weighted by atomic mass is 127. The summed E-state index contributed by atoms with van der Waals surface area (Å²) < 4.78 is 17.4. The van der Waals surface area contributed by atoms with Crippen LogP contribution in [-0.2, 0) is 4.79 Å². The van der Waals surface area contributed by atoms with Gasteiger partial charge < -0.3 is 14.2 Å². The molecule has 1 heterocycles. The van der Waals surface area contributed by atoms with Crippen molar-refractivity contribution in [2.45, 2.75) is 6.10 Å². The van der Waals surface area contributed by atoms with Gasteiger partial charge in [0.05, 0.1) is 0 Å². The Morgan fingerprint density at radius 3 is 2.75 bits per heavy atom. The number of rotatable bonds is 2. The molecule has 0 spiro atoms. The quantitative estimate of drug-likeness (QED) is 0.455. The number of ether oxygens (including phenoxy) is 3. The van der Waals surface area contributed by atoms with Gasteiger partial charge >= 0.3 is 5.97 Å². The topological polar surface area (TPSA) is 44.8 Å². The van der Waals surface area contributed by atoms with Gasteiger partial charge in [-0.1, -0.05) is 18.2 Å². The number of fused-ring (bicyclic) bond motifs is 1. The second-order valence-corrected chi connectivity index (χ2v) is 5.49. The lowest BCUT2D eigenvalue weighted by Gasteiger charge is -2.24. The van der Waals surface area contributed by atoms with Crippen LogP contribution in [0.4, 0.5) is 0 Å². The lowest BCUT2D eigenvalue weighted by molar-refractivity contribution is -0.144. The molecule has 2 aromatic rings. The minimum absolute atomic E-state index is 0.153. The summed E-state index contributed by atoms with van der Waals surface area (Å²) >= 11 is 2.16. The van der Waals surface area contributed by atoms with E-state index < -0.39 is 12.1 Å². The van der Waals surface area contributed by atoms with E-state index in [4.69, 9.17) is 14.2 Å². The van der Waals surface area contributed by atoms with E-state index in [1.54, 1.807) is 24.3 Å². The summed E-state index contributed by atoms with van der Waals surface area (Å²) in [6.07, 6.45) is -0.747. The van der Waals surface area contributed by atoms with Gasteiger partial charge in [-0.05, 0) is 52.9 Å². The first-order chi connectivity index (χ1) is 9.72. The van der Waals surface area contributed by atoms with Crippen LogP contribution in [0.1, 0.15) is 0 Å². The largest absolute Gasteiger partial charge is 0.485 e. The zero-order valence-corrected chi connectivity index (χ0v) is 12.6. The van der Waals surface area contributed by atoms with Crippen LogP contribution in [0.15, 0.2) is 48.5 Å². The third kappa shape index (κ3) is 2.87. The summed E-state index contributed by atoms with van der Waals surface area (Å²) in [5.41, 5.74) is 0. The van der Waals surface area contributed by atoms with Crippen molar-refractivity contribution in [2.75, 3.05) is 6.61 Å². The molecule has 0 aromatic heterocycles. The Balaban J connectivity index is 1.70. The number of para-hydroxylation sites is 2. The van der Waals surface area contributed by atoms with Crippen LogP contribution >= 0.6 is 22.6 Å². The molecule has 0 N–H and O–H groups in total.